The predicted octanol–water partition coefficient (Wildman–Crippen LogP) is 4.59. The molecule has 0 saturated carbocycles. The molecule has 3 aromatic rings. The minimum absolute atomic E-state index is 0.133. The van der Waals surface area contributed by atoms with E-state index in [-0.39, 0.29) is 11.1 Å². The van der Waals surface area contributed by atoms with Gasteiger partial charge in [0.1, 0.15) is 28.9 Å². The van der Waals surface area contributed by atoms with Crippen molar-refractivity contribution in [2.75, 3.05) is 11.9 Å². The highest BCUT2D eigenvalue weighted by Gasteiger charge is 2.12. The Morgan fingerprint density at radius 3 is 2.60 bits per heavy atom. The van der Waals surface area contributed by atoms with Crippen molar-refractivity contribution in [1.82, 2.24) is 0 Å². The summed E-state index contributed by atoms with van der Waals surface area (Å²) in [4.78, 5) is 23.5. The lowest BCUT2D eigenvalue weighted by molar-refractivity contribution is -0.112. The summed E-state index contributed by atoms with van der Waals surface area (Å²) in [6, 6.07) is 18.2. The second-order valence-corrected chi connectivity index (χ2v) is 6.17. The fourth-order valence-corrected chi connectivity index (χ4v) is 2.68. The number of carboxylic acids is 1. The van der Waals surface area contributed by atoms with Crippen molar-refractivity contribution in [3.8, 4) is 23.1 Å². The third kappa shape index (κ3) is 4.94. The van der Waals surface area contributed by atoms with Gasteiger partial charge in [-0.2, -0.15) is 5.26 Å². The molecule has 30 heavy (non-hydrogen) atoms. The van der Waals surface area contributed by atoms with Crippen LogP contribution in [0.3, 0.4) is 0 Å². The molecule has 1 amide bonds. The van der Waals surface area contributed by atoms with E-state index >= 15 is 0 Å². The van der Waals surface area contributed by atoms with E-state index in [1.165, 1.54) is 18.2 Å². The van der Waals surface area contributed by atoms with Crippen molar-refractivity contribution in [3.05, 3.63) is 77.6 Å². The molecule has 2 aromatic carbocycles. The zero-order chi connectivity index (χ0) is 21.5. The Morgan fingerprint density at radius 1 is 1.17 bits per heavy atom. The number of carbonyl (C=O) groups is 2. The molecule has 0 aliphatic carbocycles. The van der Waals surface area contributed by atoms with Crippen LogP contribution in [0.1, 0.15) is 23.0 Å². The van der Waals surface area contributed by atoms with Crippen LogP contribution in [0.5, 0.6) is 5.75 Å². The molecule has 1 heterocycles. The number of carboxylic acid groups (broad SMARTS) is 1. The van der Waals surface area contributed by atoms with Crippen LogP contribution >= 0.6 is 0 Å². The first-order valence-electron chi connectivity index (χ1n) is 9.09. The topological polar surface area (TPSA) is 113 Å². The van der Waals surface area contributed by atoms with Gasteiger partial charge < -0.3 is 19.6 Å². The molecule has 0 aliphatic heterocycles. The number of furan rings is 1. The largest absolute Gasteiger partial charge is 0.494 e. The van der Waals surface area contributed by atoms with Crippen LogP contribution in [-0.2, 0) is 4.79 Å². The first kappa shape index (κ1) is 20.4. The maximum absolute atomic E-state index is 12.4. The lowest BCUT2D eigenvalue weighted by Crippen LogP contribution is -2.13. The van der Waals surface area contributed by atoms with Crippen molar-refractivity contribution in [3.63, 3.8) is 0 Å². The quantitative estimate of drug-likeness (QED) is 0.441. The van der Waals surface area contributed by atoms with Gasteiger partial charge in [0.05, 0.1) is 12.2 Å². The van der Waals surface area contributed by atoms with Gasteiger partial charge in [-0.25, -0.2) is 4.79 Å². The van der Waals surface area contributed by atoms with Gasteiger partial charge in [0, 0.05) is 17.3 Å². The average Bonchev–Trinajstić information content (AvgIpc) is 3.22. The number of carbonyl (C=O) groups excluding carboxylic acids is 1. The van der Waals surface area contributed by atoms with Crippen molar-refractivity contribution < 1.29 is 23.8 Å². The monoisotopic (exact) mass is 402 g/mol. The fraction of sp³-hybridized carbons (Fsp3) is 0.0870. The molecular formula is C23H18N2O5. The number of nitrogens with one attached hydrogen (secondary N) is 1. The Bertz CT molecular complexity index is 1140. The summed E-state index contributed by atoms with van der Waals surface area (Å²) in [5.41, 5.74) is 1.10. The van der Waals surface area contributed by atoms with Crippen molar-refractivity contribution in [2.45, 2.75) is 6.92 Å². The van der Waals surface area contributed by atoms with E-state index in [4.69, 9.17) is 14.3 Å². The fourth-order valence-electron chi connectivity index (χ4n) is 2.68. The summed E-state index contributed by atoms with van der Waals surface area (Å²) in [5.74, 6) is -0.215. The molecule has 2 N–H and O–H groups in total. The Kier molecular flexibility index (Phi) is 6.30. The third-order valence-electron chi connectivity index (χ3n) is 4.10. The van der Waals surface area contributed by atoms with Gasteiger partial charge in [-0.05, 0) is 55.5 Å². The summed E-state index contributed by atoms with van der Waals surface area (Å²) in [6.45, 7) is 2.42. The highest BCUT2D eigenvalue weighted by Crippen LogP contribution is 2.25. The van der Waals surface area contributed by atoms with Crippen LogP contribution in [0.2, 0.25) is 0 Å². The average molecular weight is 402 g/mol. The zero-order valence-electron chi connectivity index (χ0n) is 16.1. The van der Waals surface area contributed by atoms with Gasteiger partial charge in [-0.3, -0.25) is 4.79 Å². The van der Waals surface area contributed by atoms with Gasteiger partial charge >= 0.3 is 5.97 Å². The predicted molar refractivity (Wildman–Crippen MR) is 111 cm³/mol. The maximum Gasteiger partial charge on any atom is 0.335 e. The van der Waals surface area contributed by atoms with Crippen LogP contribution < -0.4 is 10.1 Å². The summed E-state index contributed by atoms with van der Waals surface area (Å²) in [5, 5.41) is 21.1. The van der Waals surface area contributed by atoms with E-state index in [2.05, 4.69) is 5.32 Å². The second-order valence-electron chi connectivity index (χ2n) is 6.17. The van der Waals surface area contributed by atoms with E-state index in [0.29, 0.717) is 35.1 Å². The highest BCUT2D eigenvalue weighted by molar-refractivity contribution is 6.09. The Morgan fingerprint density at radius 2 is 1.93 bits per heavy atom. The molecule has 1 aromatic heterocycles. The summed E-state index contributed by atoms with van der Waals surface area (Å²) >= 11 is 0. The van der Waals surface area contributed by atoms with Crippen LogP contribution in [-0.4, -0.2) is 23.6 Å². The molecular weight excluding hydrogens is 384 g/mol. The maximum atomic E-state index is 12.4. The molecule has 150 valence electrons. The number of amides is 1. The number of nitriles is 1. The van der Waals surface area contributed by atoms with Crippen LogP contribution in [0.4, 0.5) is 5.69 Å². The third-order valence-corrected chi connectivity index (χ3v) is 4.10. The van der Waals surface area contributed by atoms with E-state index in [9.17, 15) is 14.9 Å². The number of ether oxygens (including phenoxy) is 1. The lowest BCUT2D eigenvalue weighted by Gasteiger charge is -2.06. The summed E-state index contributed by atoms with van der Waals surface area (Å²) in [7, 11) is 0. The van der Waals surface area contributed by atoms with Crippen molar-refractivity contribution in [1.29, 1.82) is 5.26 Å². The minimum atomic E-state index is -1.04. The number of anilines is 1. The van der Waals surface area contributed by atoms with Crippen LogP contribution in [0, 0.1) is 11.3 Å². The molecule has 7 heteroatoms. The van der Waals surface area contributed by atoms with E-state index in [1.54, 1.807) is 48.5 Å². The second kappa shape index (κ2) is 9.26. The Labute approximate surface area is 172 Å². The van der Waals surface area contributed by atoms with E-state index in [1.807, 2.05) is 13.0 Å². The molecule has 7 nitrogen and oxygen atoms in total. The number of benzene rings is 2. The summed E-state index contributed by atoms with van der Waals surface area (Å²) < 4.78 is 11.0. The molecule has 0 unspecified atom stereocenters. The number of nitrogens with zero attached hydrogens (tertiary/aromatic N) is 1. The van der Waals surface area contributed by atoms with E-state index < -0.39 is 11.9 Å². The van der Waals surface area contributed by atoms with Crippen LogP contribution in [0.25, 0.3) is 17.4 Å². The Hall–Kier alpha value is -4.31. The highest BCUT2D eigenvalue weighted by atomic mass is 16.5. The summed E-state index contributed by atoms with van der Waals surface area (Å²) in [6.07, 6.45) is 1.33. The lowest BCUT2D eigenvalue weighted by atomic mass is 10.1. The van der Waals surface area contributed by atoms with Crippen molar-refractivity contribution >= 4 is 23.6 Å². The normalized spacial score (nSPS) is 10.9. The number of hydrogen-bond donors (Lipinski definition) is 2. The molecule has 3 rings (SSSR count). The smallest absolute Gasteiger partial charge is 0.335 e. The number of rotatable bonds is 7. The number of hydrogen-bond acceptors (Lipinski definition) is 5. The van der Waals surface area contributed by atoms with Gasteiger partial charge in [0.2, 0.25) is 0 Å². The van der Waals surface area contributed by atoms with Gasteiger partial charge in [-0.1, -0.05) is 12.1 Å². The zero-order valence-corrected chi connectivity index (χ0v) is 16.1. The van der Waals surface area contributed by atoms with E-state index in [0.717, 1.165) is 0 Å². The van der Waals surface area contributed by atoms with Crippen molar-refractivity contribution in [2.24, 2.45) is 0 Å². The molecule has 0 saturated heterocycles. The Balaban J connectivity index is 1.76. The molecule has 0 fully saturated rings. The minimum Gasteiger partial charge on any atom is -0.494 e. The molecule has 0 bridgehead atoms. The molecule has 0 atom stereocenters. The number of aromatic carboxylic acids is 1. The van der Waals surface area contributed by atoms with Gasteiger partial charge in [0.25, 0.3) is 5.91 Å². The molecule has 0 aliphatic rings. The van der Waals surface area contributed by atoms with Gasteiger partial charge in [0.15, 0.2) is 0 Å². The first-order valence-corrected chi connectivity index (χ1v) is 9.09. The standard InChI is InChI=1S/C23H18N2O5/c1-2-29-19-8-6-18(7-9-19)25-22(26)17(14-24)13-20-10-11-21(30-20)15-4-3-5-16(12-15)23(27)28/h3-13H,2H2,1H3,(H,25,26)(H,27,28)/b17-13+. The SMILES string of the molecule is CCOc1ccc(NC(=O)/C(C#N)=C/c2ccc(-c3cccc(C(=O)O)c3)o2)cc1. The first-order chi connectivity index (χ1) is 14.5. The molecule has 0 spiro atoms. The van der Waals surface area contributed by atoms with Crippen LogP contribution in [0.15, 0.2) is 70.7 Å². The van der Waals surface area contributed by atoms with Gasteiger partial charge in [-0.15, -0.1) is 0 Å². The molecule has 0 radical (unpaired) electrons.